The summed E-state index contributed by atoms with van der Waals surface area (Å²) in [4.78, 5) is 13.0. The SMILES string of the molecule is Cc1onc(-c2ccccc2Cl)c1C(=O)N[C@H](C)[C@@H]1C[C@H]2CC[C@H]1C2. The van der Waals surface area contributed by atoms with E-state index in [4.69, 9.17) is 16.1 Å². The third-order valence-electron chi connectivity index (χ3n) is 6.01. The molecule has 5 heteroatoms. The van der Waals surface area contributed by atoms with Crippen LogP contribution in [0.1, 0.15) is 48.7 Å². The van der Waals surface area contributed by atoms with Gasteiger partial charge in [0.15, 0.2) is 0 Å². The van der Waals surface area contributed by atoms with E-state index in [9.17, 15) is 4.79 Å². The molecule has 4 atom stereocenters. The van der Waals surface area contributed by atoms with Gasteiger partial charge >= 0.3 is 0 Å². The van der Waals surface area contributed by atoms with Crippen LogP contribution in [-0.2, 0) is 0 Å². The lowest BCUT2D eigenvalue weighted by molar-refractivity contribution is 0.0914. The van der Waals surface area contributed by atoms with Gasteiger partial charge in [0, 0.05) is 11.6 Å². The smallest absolute Gasteiger partial charge is 0.257 e. The molecule has 4 nitrogen and oxygen atoms in total. The summed E-state index contributed by atoms with van der Waals surface area (Å²) in [5.41, 5.74) is 1.72. The molecule has 1 aromatic carbocycles. The van der Waals surface area contributed by atoms with Crippen LogP contribution in [0.15, 0.2) is 28.8 Å². The molecular formula is C20H23ClN2O2. The Hall–Kier alpha value is -1.81. The first-order chi connectivity index (χ1) is 12.0. The molecular weight excluding hydrogens is 336 g/mol. The van der Waals surface area contributed by atoms with Crippen molar-refractivity contribution in [3.63, 3.8) is 0 Å². The van der Waals surface area contributed by atoms with Gasteiger partial charge in [-0.2, -0.15) is 0 Å². The minimum atomic E-state index is -0.121. The Morgan fingerprint density at radius 1 is 1.32 bits per heavy atom. The summed E-state index contributed by atoms with van der Waals surface area (Å²) in [5, 5.41) is 7.85. The molecule has 0 spiro atoms. The molecule has 1 N–H and O–H groups in total. The Balaban J connectivity index is 1.56. The summed E-state index contributed by atoms with van der Waals surface area (Å²) in [6, 6.07) is 7.55. The number of amides is 1. The molecule has 2 aliphatic rings. The number of aromatic nitrogens is 1. The molecule has 0 radical (unpaired) electrons. The van der Waals surface area contributed by atoms with E-state index in [0.29, 0.717) is 28.0 Å². The van der Waals surface area contributed by atoms with Gasteiger partial charge in [-0.1, -0.05) is 41.4 Å². The molecule has 2 aliphatic carbocycles. The Morgan fingerprint density at radius 3 is 2.80 bits per heavy atom. The van der Waals surface area contributed by atoms with Crippen molar-refractivity contribution in [1.82, 2.24) is 10.5 Å². The summed E-state index contributed by atoms with van der Waals surface area (Å²) in [6.07, 6.45) is 5.25. The van der Waals surface area contributed by atoms with Crippen LogP contribution in [0.2, 0.25) is 5.02 Å². The van der Waals surface area contributed by atoms with E-state index >= 15 is 0 Å². The molecule has 0 aliphatic heterocycles. The van der Waals surface area contributed by atoms with Gasteiger partial charge in [0.1, 0.15) is 17.0 Å². The first-order valence-corrected chi connectivity index (χ1v) is 9.44. The zero-order valence-corrected chi connectivity index (χ0v) is 15.3. The highest BCUT2D eigenvalue weighted by Crippen LogP contribution is 2.49. The molecule has 0 unspecified atom stereocenters. The maximum atomic E-state index is 13.0. The third-order valence-corrected chi connectivity index (χ3v) is 6.34. The minimum absolute atomic E-state index is 0.121. The number of benzene rings is 1. The van der Waals surface area contributed by atoms with Gasteiger partial charge < -0.3 is 9.84 Å². The molecule has 1 aromatic heterocycles. The van der Waals surface area contributed by atoms with Gasteiger partial charge in [0.2, 0.25) is 0 Å². The van der Waals surface area contributed by atoms with Crippen LogP contribution in [0.4, 0.5) is 0 Å². The topological polar surface area (TPSA) is 55.1 Å². The van der Waals surface area contributed by atoms with Crippen molar-refractivity contribution < 1.29 is 9.32 Å². The van der Waals surface area contributed by atoms with Crippen LogP contribution < -0.4 is 5.32 Å². The van der Waals surface area contributed by atoms with Crippen molar-refractivity contribution in [3.05, 3.63) is 40.6 Å². The summed E-state index contributed by atoms with van der Waals surface area (Å²) >= 11 is 6.28. The van der Waals surface area contributed by atoms with Crippen LogP contribution in [0.3, 0.4) is 0 Å². The Bertz CT molecular complexity index is 801. The lowest BCUT2D eigenvalue weighted by Gasteiger charge is -2.28. The van der Waals surface area contributed by atoms with E-state index in [1.54, 1.807) is 13.0 Å². The summed E-state index contributed by atoms with van der Waals surface area (Å²) in [7, 11) is 0. The highest BCUT2D eigenvalue weighted by Gasteiger charge is 2.42. The van der Waals surface area contributed by atoms with Gasteiger partial charge in [0.05, 0.1) is 5.02 Å². The van der Waals surface area contributed by atoms with Crippen LogP contribution >= 0.6 is 11.6 Å². The number of fused-ring (bicyclic) bond motifs is 2. The highest BCUT2D eigenvalue weighted by atomic mass is 35.5. The molecule has 2 saturated carbocycles. The largest absolute Gasteiger partial charge is 0.360 e. The van der Waals surface area contributed by atoms with Crippen LogP contribution in [-0.4, -0.2) is 17.1 Å². The Morgan fingerprint density at radius 2 is 2.12 bits per heavy atom. The quantitative estimate of drug-likeness (QED) is 0.849. The first kappa shape index (κ1) is 16.6. The van der Waals surface area contributed by atoms with Gasteiger partial charge in [-0.05, 0) is 56.9 Å². The van der Waals surface area contributed by atoms with Gasteiger partial charge in [-0.15, -0.1) is 0 Å². The number of nitrogens with one attached hydrogen (secondary N) is 1. The monoisotopic (exact) mass is 358 g/mol. The van der Waals surface area contributed by atoms with Crippen LogP contribution in [0.25, 0.3) is 11.3 Å². The van der Waals surface area contributed by atoms with E-state index < -0.39 is 0 Å². The normalized spacial score (nSPS) is 26.0. The number of aryl methyl sites for hydroxylation is 1. The fourth-order valence-electron chi connectivity index (χ4n) is 4.77. The number of nitrogens with zero attached hydrogens (tertiary/aromatic N) is 1. The predicted octanol–water partition coefficient (Wildman–Crippen LogP) is 4.86. The second kappa shape index (κ2) is 6.49. The van der Waals surface area contributed by atoms with Crippen molar-refractivity contribution in [2.24, 2.45) is 17.8 Å². The van der Waals surface area contributed by atoms with Gasteiger partial charge in [0.25, 0.3) is 5.91 Å². The molecule has 0 saturated heterocycles. The molecule has 1 heterocycles. The number of rotatable bonds is 4. The molecule has 4 rings (SSSR count). The van der Waals surface area contributed by atoms with Crippen molar-refractivity contribution in [1.29, 1.82) is 0 Å². The average Bonchev–Trinajstić information content (AvgIpc) is 3.30. The summed E-state index contributed by atoms with van der Waals surface area (Å²) in [6.45, 7) is 3.89. The van der Waals surface area contributed by atoms with Crippen molar-refractivity contribution in [2.75, 3.05) is 0 Å². The number of carbonyl (C=O) groups is 1. The van der Waals surface area contributed by atoms with Crippen molar-refractivity contribution in [2.45, 2.75) is 45.6 Å². The number of halogens is 1. The molecule has 2 aromatic rings. The minimum Gasteiger partial charge on any atom is -0.360 e. The standard InChI is InChI=1S/C20H23ClN2O2/c1-11(16-10-13-7-8-14(16)9-13)22-20(24)18-12(2)25-23-19(18)15-5-3-4-6-17(15)21/h3-6,11,13-14,16H,7-10H2,1-2H3,(H,22,24)/t11-,13+,14+,16+/m1/s1. The van der Waals surface area contributed by atoms with Crippen molar-refractivity contribution in [3.8, 4) is 11.3 Å². The van der Waals surface area contributed by atoms with E-state index in [-0.39, 0.29) is 11.9 Å². The lowest BCUT2D eigenvalue weighted by atomic mass is 9.84. The van der Waals surface area contributed by atoms with E-state index in [1.807, 2.05) is 18.2 Å². The van der Waals surface area contributed by atoms with E-state index in [0.717, 1.165) is 17.4 Å². The average molecular weight is 359 g/mol. The zero-order valence-electron chi connectivity index (χ0n) is 14.6. The van der Waals surface area contributed by atoms with Gasteiger partial charge in [-0.3, -0.25) is 4.79 Å². The highest BCUT2D eigenvalue weighted by molar-refractivity contribution is 6.33. The number of hydrogen-bond acceptors (Lipinski definition) is 3. The second-order valence-electron chi connectivity index (χ2n) is 7.54. The zero-order chi connectivity index (χ0) is 17.6. The number of carbonyl (C=O) groups excluding carboxylic acids is 1. The fraction of sp³-hybridized carbons (Fsp3) is 0.500. The summed E-state index contributed by atoms with van der Waals surface area (Å²) in [5.74, 6) is 2.63. The lowest BCUT2D eigenvalue weighted by Crippen LogP contribution is -2.40. The van der Waals surface area contributed by atoms with E-state index in [2.05, 4.69) is 17.4 Å². The third kappa shape index (κ3) is 2.97. The number of hydrogen-bond donors (Lipinski definition) is 1. The molecule has 2 bridgehead atoms. The maximum absolute atomic E-state index is 13.0. The molecule has 2 fully saturated rings. The Labute approximate surface area is 152 Å². The van der Waals surface area contributed by atoms with E-state index in [1.165, 1.54) is 25.7 Å². The molecule has 132 valence electrons. The first-order valence-electron chi connectivity index (χ1n) is 9.06. The van der Waals surface area contributed by atoms with Crippen molar-refractivity contribution >= 4 is 17.5 Å². The Kier molecular flexibility index (Phi) is 4.32. The van der Waals surface area contributed by atoms with Gasteiger partial charge in [-0.25, -0.2) is 0 Å². The van der Waals surface area contributed by atoms with Crippen LogP contribution in [0, 0.1) is 24.7 Å². The predicted molar refractivity (Wildman–Crippen MR) is 97.6 cm³/mol. The van der Waals surface area contributed by atoms with Crippen LogP contribution in [0.5, 0.6) is 0 Å². The molecule has 1 amide bonds. The fourth-order valence-corrected chi connectivity index (χ4v) is 4.99. The maximum Gasteiger partial charge on any atom is 0.257 e. The second-order valence-corrected chi connectivity index (χ2v) is 7.95. The summed E-state index contributed by atoms with van der Waals surface area (Å²) < 4.78 is 5.31. The molecule has 25 heavy (non-hydrogen) atoms.